The molecule has 0 bridgehead atoms. The van der Waals surface area contributed by atoms with Gasteiger partial charge in [-0.2, -0.15) is 0 Å². The average molecular weight is 266 g/mol. The number of hydrogen-bond donors (Lipinski definition) is 2. The van der Waals surface area contributed by atoms with Crippen molar-refractivity contribution in [2.45, 2.75) is 18.9 Å². The van der Waals surface area contributed by atoms with E-state index in [1.165, 1.54) is 30.8 Å². The number of benzene rings is 1. The van der Waals surface area contributed by atoms with Crippen LogP contribution in [0.3, 0.4) is 0 Å². The quantitative estimate of drug-likeness (QED) is 0.777. The van der Waals surface area contributed by atoms with Crippen LogP contribution in [-0.2, 0) is 0 Å². The van der Waals surface area contributed by atoms with E-state index in [0.717, 1.165) is 12.3 Å². The second-order valence-corrected chi connectivity index (χ2v) is 5.14. The number of ether oxygens (including phenoxy) is 3. The van der Waals surface area contributed by atoms with Gasteiger partial charge in [0.15, 0.2) is 11.5 Å². The molecule has 5 heteroatoms. The van der Waals surface area contributed by atoms with Gasteiger partial charge in [-0.3, -0.25) is 0 Å². The Labute approximate surface area is 112 Å². The number of rotatable bonds is 5. The Kier molecular flexibility index (Phi) is 3.75. The fourth-order valence-electron chi connectivity index (χ4n) is 2.63. The van der Waals surface area contributed by atoms with E-state index >= 15 is 0 Å². The van der Waals surface area contributed by atoms with Crippen molar-refractivity contribution in [1.29, 1.82) is 0 Å². The van der Waals surface area contributed by atoms with Crippen molar-refractivity contribution in [1.82, 2.24) is 0 Å². The lowest BCUT2D eigenvalue weighted by molar-refractivity contribution is -0.890. The van der Waals surface area contributed by atoms with Crippen LogP contribution < -0.4 is 19.1 Å². The molecule has 104 valence electrons. The molecule has 3 rings (SSSR count). The standard InChI is InChI=1S/C14H19NO4/c16-11(8-15-5-1-2-6-15)9-17-12-3-4-13-14(7-12)19-10-18-13/h3-4,7,11,16H,1-2,5-6,8-10H2/p+1/t11-/m0/s1. The number of nitrogens with one attached hydrogen (secondary N) is 1. The predicted octanol–water partition coefficient (Wildman–Crippen LogP) is -0.166. The van der Waals surface area contributed by atoms with Crippen molar-refractivity contribution in [2.24, 2.45) is 0 Å². The van der Waals surface area contributed by atoms with E-state index in [1.54, 1.807) is 6.07 Å². The second kappa shape index (κ2) is 5.67. The van der Waals surface area contributed by atoms with Gasteiger partial charge in [0.05, 0.1) is 13.1 Å². The van der Waals surface area contributed by atoms with E-state index in [2.05, 4.69) is 0 Å². The van der Waals surface area contributed by atoms with Crippen molar-refractivity contribution < 1.29 is 24.2 Å². The minimum Gasteiger partial charge on any atom is -0.491 e. The fourth-order valence-corrected chi connectivity index (χ4v) is 2.63. The van der Waals surface area contributed by atoms with Gasteiger partial charge < -0.3 is 24.2 Å². The molecule has 1 aromatic carbocycles. The van der Waals surface area contributed by atoms with Crippen LogP contribution in [0.5, 0.6) is 17.2 Å². The van der Waals surface area contributed by atoms with E-state index in [9.17, 15) is 5.11 Å². The molecule has 1 aromatic rings. The molecule has 1 saturated heterocycles. The maximum atomic E-state index is 9.96. The van der Waals surface area contributed by atoms with E-state index < -0.39 is 6.10 Å². The third kappa shape index (κ3) is 3.11. The molecular formula is C14H20NO4+. The highest BCUT2D eigenvalue weighted by Gasteiger charge is 2.20. The first kappa shape index (κ1) is 12.6. The number of aliphatic hydroxyl groups is 1. The molecule has 2 N–H and O–H groups in total. The van der Waals surface area contributed by atoms with Gasteiger partial charge in [0.1, 0.15) is 25.0 Å². The van der Waals surface area contributed by atoms with Gasteiger partial charge in [-0.15, -0.1) is 0 Å². The summed E-state index contributed by atoms with van der Waals surface area (Å²) in [5.41, 5.74) is 0. The summed E-state index contributed by atoms with van der Waals surface area (Å²) < 4.78 is 16.1. The third-order valence-electron chi connectivity index (χ3n) is 3.62. The Morgan fingerprint density at radius 3 is 2.84 bits per heavy atom. The van der Waals surface area contributed by atoms with E-state index in [-0.39, 0.29) is 6.79 Å². The molecule has 2 heterocycles. The lowest BCUT2D eigenvalue weighted by Crippen LogP contribution is -3.11. The van der Waals surface area contributed by atoms with Crippen molar-refractivity contribution in [3.8, 4) is 17.2 Å². The second-order valence-electron chi connectivity index (χ2n) is 5.14. The zero-order valence-corrected chi connectivity index (χ0v) is 10.9. The lowest BCUT2D eigenvalue weighted by Gasteiger charge is -2.17. The molecule has 0 aliphatic carbocycles. The summed E-state index contributed by atoms with van der Waals surface area (Å²) >= 11 is 0. The lowest BCUT2D eigenvalue weighted by atomic mass is 10.3. The van der Waals surface area contributed by atoms with E-state index in [4.69, 9.17) is 14.2 Å². The summed E-state index contributed by atoms with van der Waals surface area (Å²) in [6, 6.07) is 5.47. The van der Waals surface area contributed by atoms with Crippen molar-refractivity contribution >= 4 is 0 Å². The van der Waals surface area contributed by atoms with Crippen LogP contribution in [0.15, 0.2) is 18.2 Å². The SMILES string of the molecule is O[C@H](COc1ccc2c(c1)OCO2)C[NH+]1CCCC1. The molecule has 5 nitrogen and oxygen atoms in total. The zero-order valence-electron chi connectivity index (χ0n) is 10.9. The summed E-state index contributed by atoms with van der Waals surface area (Å²) in [7, 11) is 0. The zero-order chi connectivity index (χ0) is 13.1. The Morgan fingerprint density at radius 1 is 1.21 bits per heavy atom. The minimum absolute atomic E-state index is 0.264. The first-order valence-corrected chi connectivity index (χ1v) is 6.85. The summed E-state index contributed by atoms with van der Waals surface area (Å²) in [5, 5.41) is 9.96. The van der Waals surface area contributed by atoms with Gasteiger partial charge >= 0.3 is 0 Å². The van der Waals surface area contributed by atoms with Gasteiger partial charge in [-0.05, 0) is 12.1 Å². The molecule has 1 atom stereocenters. The molecule has 19 heavy (non-hydrogen) atoms. The summed E-state index contributed by atoms with van der Waals surface area (Å²) in [5.74, 6) is 2.16. The molecule has 2 aliphatic heterocycles. The van der Waals surface area contributed by atoms with Crippen LogP contribution >= 0.6 is 0 Å². The number of hydrogen-bond acceptors (Lipinski definition) is 4. The molecule has 0 saturated carbocycles. The van der Waals surface area contributed by atoms with E-state index in [1.807, 2.05) is 12.1 Å². The number of quaternary nitrogens is 1. The van der Waals surface area contributed by atoms with Gasteiger partial charge in [0.25, 0.3) is 0 Å². The fraction of sp³-hybridized carbons (Fsp3) is 0.571. The molecule has 2 aliphatic rings. The van der Waals surface area contributed by atoms with Crippen LogP contribution in [0.1, 0.15) is 12.8 Å². The van der Waals surface area contributed by atoms with Crippen LogP contribution in [0.4, 0.5) is 0 Å². The maximum Gasteiger partial charge on any atom is 0.231 e. The third-order valence-corrected chi connectivity index (χ3v) is 3.62. The molecule has 0 amide bonds. The Morgan fingerprint density at radius 2 is 2.00 bits per heavy atom. The molecule has 0 unspecified atom stereocenters. The summed E-state index contributed by atoms with van der Waals surface area (Å²) in [6.07, 6.45) is 2.12. The van der Waals surface area contributed by atoms with E-state index in [0.29, 0.717) is 18.1 Å². The first-order valence-electron chi connectivity index (χ1n) is 6.85. The van der Waals surface area contributed by atoms with Gasteiger partial charge in [-0.1, -0.05) is 0 Å². The topological polar surface area (TPSA) is 52.4 Å². The summed E-state index contributed by atoms with van der Waals surface area (Å²) in [4.78, 5) is 1.47. The number of likely N-dealkylation sites (tertiary alicyclic amines) is 1. The van der Waals surface area contributed by atoms with Crippen molar-refractivity contribution in [2.75, 3.05) is 33.0 Å². The highest BCUT2D eigenvalue weighted by atomic mass is 16.7. The molecular weight excluding hydrogens is 246 g/mol. The Hall–Kier alpha value is -1.46. The normalized spacial score (nSPS) is 19.6. The number of aliphatic hydroxyl groups excluding tert-OH is 1. The van der Waals surface area contributed by atoms with Crippen LogP contribution in [0, 0.1) is 0 Å². The van der Waals surface area contributed by atoms with Crippen LogP contribution in [0.2, 0.25) is 0 Å². The molecule has 0 aromatic heterocycles. The molecule has 1 fully saturated rings. The van der Waals surface area contributed by atoms with Gasteiger partial charge in [-0.25, -0.2) is 0 Å². The Balaban J connectivity index is 1.48. The molecule has 0 radical (unpaired) electrons. The van der Waals surface area contributed by atoms with Crippen LogP contribution in [0.25, 0.3) is 0 Å². The smallest absolute Gasteiger partial charge is 0.231 e. The van der Waals surface area contributed by atoms with Gasteiger partial charge in [0.2, 0.25) is 6.79 Å². The Bertz CT molecular complexity index is 431. The minimum atomic E-state index is -0.418. The largest absolute Gasteiger partial charge is 0.491 e. The first-order chi connectivity index (χ1) is 9.31. The predicted molar refractivity (Wildman–Crippen MR) is 68.9 cm³/mol. The average Bonchev–Trinajstić information content (AvgIpc) is 3.06. The molecule has 0 spiro atoms. The highest BCUT2D eigenvalue weighted by molar-refractivity contribution is 5.46. The number of fused-ring (bicyclic) bond motifs is 1. The van der Waals surface area contributed by atoms with Crippen LogP contribution in [-0.4, -0.2) is 44.2 Å². The van der Waals surface area contributed by atoms with Crippen molar-refractivity contribution in [3.05, 3.63) is 18.2 Å². The van der Waals surface area contributed by atoms with Crippen molar-refractivity contribution in [3.63, 3.8) is 0 Å². The summed E-state index contributed by atoms with van der Waals surface area (Å²) in [6.45, 7) is 3.69. The highest BCUT2D eigenvalue weighted by Crippen LogP contribution is 2.35. The monoisotopic (exact) mass is 266 g/mol. The van der Waals surface area contributed by atoms with Gasteiger partial charge in [0, 0.05) is 18.9 Å². The maximum absolute atomic E-state index is 9.96.